The van der Waals surface area contributed by atoms with Gasteiger partial charge in [-0.3, -0.25) is 14.9 Å². The molecule has 0 radical (unpaired) electrons. The predicted octanol–water partition coefficient (Wildman–Crippen LogP) is -0.480. The molecule has 6 nitrogen and oxygen atoms in total. The molecule has 7 heteroatoms. The van der Waals surface area contributed by atoms with Gasteiger partial charge < -0.3 is 17.0 Å². The standard InChI is InChI=1S/C16H17N3O3.BrH/c1-19(2,17-16(20)14-6-4-3-5-7-14)12-13-8-10-15(11-9-13)18(21)22;/h3-11H,12H2,1-2H3;1H. The number of quaternary nitrogens is 1. The van der Waals surface area contributed by atoms with Crippen molar-refractivity contribution in [1.82, 2.24) is 5.43 Å². The van der Waals surface area contributed by atoms with Crippen molar-refractivity contribution in [3.05, 3.63) is 75.8 Å². The van der Waals surface area contributed by atoms with Crippen LogP contribution in [-0.2, 0) is 6.54 Å². The molecule has 0 aliphatic heterocycles. The van der Waals surface area contributed by atoms with Crippen molar-refractivity contribution < 1.29 is 31.3 Å². The number of nitro benzene ring substituents is 1. The van der Waals surface area contributed by atoms with E-state index in [1.807, 2.05) is 32.3 Å². The highest BCUT2D eigenvalue weighted by molar-refractivity contribution is 5.93. The number of benzene rings is 2. The van der Waals surface area contributed by atoms with Gasteiger partial charge in [0.2, 0.25) is 0 Å². The molecule has 0 fully saturated rings. The minimum Gasteiger partial charge on any atom is -1.00 e. The summed E-state index contributed by atoms with van der Waals surface area (Å²) in [4.78, 5) is 22.4. The van der Waals surface area contributed by atoms with E-state index in [0.29, 0.717) is 12.1 Å². The normalized spacial score (nSPS) is 10.5. The molecule has 2 rings (SSSR count). The first kappa shape index (κ1) is 18.8. The second kappa shape index (κ2) is 7.85. The fourth-order valence-electron chi connectivity index (χ4n) is 2.15. The van der Waals surface area contributed by atoms with Crippen LogP contribution in [0.5, 0.6) is 0 Å². The summed E-state index contributed by atoms with van der Waals surface area (Å²) in [7, 11) is 3.73. The van der Waals surface area contributed by atoms with Crippen LogP contribution < -0.4 is 22.4 Å². The quantitative estimate of drug-likeness (QED) is 0.433. The minimum absolute atomic E-state index is 0. The van der Waals surface area contributed by atoms with Crippen molar-refractivity contribution in [2.24, 2.45) is 0 Å². The van der Waals surface area contributed by atoms with Crippen molar-refractivity contribution in [3.8, 4) is 0 Å². The first-order chi connectivity index (χ1) is 10.4. The number of amides is 1. The Hall–Kier alpha value is -2.25. The minimum atomic E-state index is -0.430. The average Bonchev–Trinajstić information content (AvgIpc) is 2.47. The highest BCUT2D eigenvalue weighted by Crippen LogP contribution is 2.14. The van der Waals surface area contributed by atoms with Crippen LogP contribution in [0.2, 0.25) is 0 Å². The van der Waals surface area contributed by atoms with Gasteiger partial charge in [-0.15, -0.1) is 0 Å². The van der Waals surface area contributed by atoms with E-state index in [-0.39, 0.29) is 33.2 Å². The Morgan fingerprint density at radius 3 is 2.17 bits per heavy atom. The van der Waals surface area contributed by atoms with Crippen LogP contribution in [-0.4, -0.2) is 29.5 Å². The Kier molecular flexibility index (Phi) is 6.41. The molecule has 2 aromatic rings. The van der Waals surface area contributed by atoms with E-state index in [4.69, 9.17) is 0 Å². The molecule has 0 aliphatic rings. The van der Waals surface area contributed by atoms with Gasteiger partial charge in [-0.2, -0.15) is 5.43 Å². The van der Waals surface area contributed by atoms with Crippen LogP contribution >= 0.6 is 0 Å². The summed E-state index contributed by atoms with van der Waals surface area (Å²) in [5, 5.41) is 10.6. The van der Waals surface area contributed by atoms with Gasteiger partial charge in [-0.25, -0.2) is 4.59 Å². The fraction of sp³-hybridized carbons (Fsp3) is 0.188. The SMILES string of the molecule is C[N+](C)(Cc1ccc([N+](=O)[O-])cc1)NC(=O)c1ccccc1.[Br-]. The lowest BCUT2D eigenvalue weighted by molar-refractivity contribution is -0.937. The number of rotatable bonds is 5. The van der Waals surface area contributed by atoms with Crippen molar-refractivity contribution in [2.75, 3.05) is 14.1 Å². The van der Waals surface area contributed by atoms with E-state index in [9.17, 15) is 14.9 Å². The molecular formula is C16H18BrN3O3. The molecule has 1 amide bonds. The zero-order valence-electron chi connectivity index (χ0n) is 12.9. The van der Waals surface area contributed by atoms with Gasteiger partial charge in [-0.1, -0.05) is 18.2 Å². The van der Waals surface area contributed by atoms with Crippen LogP contribution in [0, 0.1) is 10.1 Å². The molecule has 0 atom stereocenters. The van der Waals surface area contributed by atoms with Crippen LogP contribution in [0.1, 0.15) is 15.9 Å². The first-order valence-corrected chi connectivity index (χ1v) is 6.81. The van der Waals surface area contributed by atoms with Gasteiger partial charge >= 0.3 is 0 Å². The van der Waals surface area contributed by atoms with Crippen LogP contribution in [0.15, 0.2) is 54.6 Å². The van der Waals surface area contributed by atoms with Gasteiger partial charge in [0.05, 0.1) is 19.0 Å². The third kappa shape index (κ3) is 5.46. The lowest BCUT2D eigenvalue weighted by atomic mass is 10.2. The highest BCUT2D eigenvalue weighted by Gasteiger charge is 2.21. The van der Waals surface area contributed by atoms with E-state index >= 15 is 0 Å². The number of non-ortho nitro benzene ring substituents is 1. The Labute approximate surface area is 145 Å². The number of hydrogen-bond acceptors (Lipinski definition) is 3. The zero-order valence-corrected chi connectivity index (χ0v) is 14.5. The largest absolute Gasteiger partial charge is 1.00 e. The average molecular weight is 380 g/mol. The molecule has 122 valence electrons. The number of nitro groups is 1. The van der Waals surface area contributed by atoms with E-state index in [1.165, 1.54) is 12.1 Å². The Bertz CT molecular complexity index is 673. The molecule has 0 saturated carbocycles. The number of halogens is 1. The molecule has 0 bridgehead atoms. The summed E-state index contributed by atoms with van der Waals surface area (Å²) in [6.07, 6.45) is 0. The van der Waals surface area contributed by atoms with Crippen LogP contribution in [0.3, 0.4) is 0 Å². The van der Waals surface area contributed by atoms with Crippen molar-refractivity contribution in [3.63, 3.8) is 0 Å². The monoisotopic (exact) mass is 379 g/mol. The van der Waals surface area contributed by atoms with E-state index in [0.717, 1.165) is 5.56 Å². The molecule has 23 heavy (non-hydrogen) atoms. The molecule has 1 N–H and O–H groups in total. The van der Waals surface area contributed by atoms with Crippen molar-refractivity contribution in [1.29, 1.82) is 0 Å². The van der Waals surface area contributed by atoms with Crippen molar-refractivity contribution in [2.45, 2.75) is 6.54 Å². The smallest absolute Gasteiger partial charge is 0.295 e. The van der Waals surface area contributed by atoms with Crippen LogP contribution in [0.25, 0.3) is 0 Å². The molecule has 0 heterocycles. The predicted molar refractivity (Wildman–Crippen MR) is 82.8 cm³/mol. The maximum atomic E-state index is 12.2. The Morgan fingerprint density at radius 2 is 1.65 bits per heavy atom. The van der Waals surface area contributed by atoms with Gasteiger partial charge in [0.25, 0.3) is 11.6 Å². The summed E-state index contributed by atoms with van der Waals surface area (Å²) in [5.74, 6) is -0.160. The van der Waals surface area contributed by atoms with Gasteiger partial charge in [0.15, 0.2) is 0 Å². The first-order valence-electron chi connectivity index (χ1n) is 6.81. The van der Waals surface area contributed by atoms with Crippen LogP contribution in [0.4, 0.5) is 5.69 Å². The van der Waals surface area contributed by atoms with Gasteiger partial charge in [0, 0.05) is 23.3 Å². The third-order valence-corrected chi connectivity index (χ3v) is 3.17. The molecule has 0 aliphatic carbocycles. The summed E-state index contributed by atoms with van der Waals surface area (Å²) in [6.45, 7) is 0.524. The van der Waals surface area contributed by atoms with Gasteiger partial charge in [0.1, 0.15) is 6.54 Å². The summed E-state index contributed by atoms with van der Waals surface area (Å²) >= 11 is 0. The third-order valence-electron chi connectivity index (χ3n) is 3.17. The number of hydrogen-bond donors (Lipinski definition) is 1. The molecule has 0 aromatic heterocycles. The Morgan fingerprint density at radius 1 is 1.09 bits per heavy atom. The number of carbonyl (C=O) groups is 1. The molecular weight excluding hydrogens is 362 g/mol. The maximum absolute atomic E-state index is 12.2. The second-order valence-corrected chi connectivity index (χ2v) is 5.57. The lowest BCUT2D eigenvalue weighted by Gasteiger charge is -2.29. The van der Waals surface area contributed by atoms with E-state index in [2.05, 4.69) is 5.43 Å². The van der Waals surface area contributed by atoms with Crippen molar-refractivity contribution >= 4 is 11.6 Å². The highest BCUT2D eigenvalue weighted by atomic mass is 79.9. The zero-order chi connectivity index (χ0) is 16.2. The summed E-state index contributed by atoms with van der Waals surface area (Å²) in [6, 6.07) is 15.3. The molecule has 0 saturated heterocycles. The number of carbonyl (C=O) groups excluding carboxylic acids is 1. The topological polar surface area (TPSA) is 72.2 Å². The number of nitrogens with one attached hydrogen (secondary N) is 1. The van der Waals surface area contributed by atoms with E-state index < -0.39 is 4.92 Å². The lowest BCUT2D eigenvalue weighted by Crippen LogP contribution is -3.00. The number of nitrogens with zero attached hydrogens (tertiary/aromatic N) is 2. The maximum Gasteiger partial charge on any atom is 0.295 e. The fourth-order valence-corrected chi connectivity index (χ4v) is 2.15. The summed E-state index contributed by atoms with van der Waals surface area (Å²) in [5.41, 5.74) is 4.48. The summed E-state index contributed by atoms with van der Waals surface area (Å²) < 4.78 is 0.242. The molecule has 0 unspecified atom stereocenters. The Balaban J connectivity index is 0.00000264. The van der Waals surface area contributed by atoms with E-state index in [1.54, 1.807) is 24.3 Å². The molecule has 2 aromatic carbocycles. The molecule has 0 spiro atoms. The van der Waals surface area contributed by atoms with Gasteiger partial charge in [-0.05, 0) is 24.3 Å². The second-order valence-electron chi connectivity index (χ2n) is 5.57.